The zero-order chi connectivity index (χ0) is 13.3. The molecular formula is C11H24NO4P. The van der Waals surface area contributed by atoms with Crippen molar-refractivity contribution in [3.63, 3.8) is 0 Å². The molecule has 0 saturated carbocycles. The maximum Gasteiger partial charge on any atom is 0.309 e. The lowest BCUT2D eigenvalue weighted by molar-refractivity contribution is -0.139. The Labute approximate surface area is 104 Å². The minimum Gasteiger partial charge on any atom is -0.454 e. The van der Waals surface area contributed by atoms with Gasteiger partial charge in [-0.05, 0) is 19.8 Å². The van der Waals surface area contributed by atoms with Crippen molar-refractivity contribution >= 4 is 13.5 Å². The molecule has 6 heteroatoms. The summed E-state index contributed by atoms with van der Waals surface area (Å²) >= 11 is 0. The van der Waals surface area contributed by atoms with E-state index in [4.69, 9.17) is 9.26 Å². The summed E-state index contributed by atoms with van der Waals surface area (Å²) in [7, 11) is -3.03. The molecule has 0 radical (unpaired) electrons. The zero-order valence-electron chi connectivity index (χ0n) is 11.3. The molecule has 0 aromatic heterocycles. The van der Waals surface area contributed by atoms with Crippen LogP contribution < -0.4 is 0 Å². The molecule has 0 bridgehead atoms. The van der Waals surface area contributed by atoms with Crippen LogP contribution in [0.3, 0.4) is 0 Å². The number of hydrogen-bond donors (Lipinski definition) is 0. The Hall–Kier alpha value is -0.380. The molecule has 0 aromatic carbocycles. The molecule has 17 heavy (non-hydrogen) atoms. The van der Waals surface area contributed by atoms with Crippen molar-refractivity contribution in [3.8, 4) is 0 Å². The Bertz CT molecular complexity index is 264. The summed E-state index contributed by atoms with van der Waals surface area (Å²) in [6.07, 6.45) is 1.62. The fourth-order valence-corrected chi connectivity index (χ4v) is 3.67. The second-order valence-corrected chi connectivity index (χ2v) is 6.13. The van der Waals surface area contributed by atoms with E-state index in [1.165, 1.54) is 6.92 Å². The van der Waals surface area contributed by atoms with Crippen molar-refractivity contribution in [2.45, 2.75) is 40.5 Å². The summed E-state index contributed by atoms with van der Waals surface area (Å²) in [5.41, 5.74) is 0. The summed E-state index contributed by atoms with van der Waals surface area (Å²) in [5.74, 6) is -0.433. The molecule has 1 atom stereocenters. The van der Waals surface area contributed by atoms with Crippen LogP contribution in [-0.4, -0.2) is 36.7 Å². The van der Waals surface area contributed by atoms with E-state index in [-0.39, 0.29) is 6.35 Å². The minimum atomic E-state index is -3.03. The monoisotopic (exact) mass is 265 g/mol. The molecule has 0 aromatic rings. The van der Waals surface area contributed by atoms with Crippen molar-refractivity contribution in [1.29, 1.82) is 0 Å². The van der Waals surface area contributed by atoms with Crippen LogP contribution in [0.4, 0.5) is 0 Å². The lowest BCUT2D eigenvalue weighted by Crippen LogP contribution is -2.26. The maximum atomic E-state index is 12.6. The van der Waals surface area contributed by atoms with Crippen molar-refractivity contribution in [1.82, 2.24) is 4.67 Å². The first-order chi connectivity index (χ1) is 8.00. The van der Waals surface area contributed by atoms with Crippen LogP contribution in [-0.2, 0) is 18.6 Å². The van der Waals surface area contributed by atoms with Crippen LogP contribution in [0.25, 0.3) is 0 Å². The molecule has 0 aliphatic carbocycles. The first kappa shape index (κ1) is 16.6. The van der Waals surface area contributed by atoms with Crippen LogP contribution in [0.2, 0.25) is 0 Å². The van der Waals surface area contributed by atoms with Gasteiger partial charge in [-0.2, -0.15) is 0 Å². The SMILES string of the molecule is CCCN(CCC)P(=O)(COC(C)=O)OCC. The third-order valence-electron chi connectivity index (χ3n) is 2.16. The van der Waals surface area contributed by atoms with Gasteiger partial charge in [-0.15, -0.1) is 0 Å². The molecule has 0 fully saturated rings. The van der Waals surface area contributed by atoms with Gasteiger partial charge in [0.15, 0.2) is 6.35 Å². The number of esters is 1. The normalized spacial score (nSPS) is 14.6. The molecule has 5 nitrogen and oxygen atoms in total. The smallest absolute Gasteiger partial charge is 0.309 e. The van der Waals surface area contributed by atoms with Gasteiger partial charge in [0.2, 0.25) is 0 Å². The first-order valence-corrected chi connectivity index (χ1v) is 7.88. The number of ether oxygens (including phenoxy) is 1. The molecule has 0 amide bonds. The van der Waals surface area contributed by atoms with Crippen molar-refractivity contribution in [3.05, 3.63) is 0 Å². The summed E-state index contributed by atoms with van der Waals surface area (Å²) in [4.78, 5) is 10.8. The second kappa shape index (κ2) is 8.67. The van der Waals surface area contributed by atoms with Gasteiger partial charge in [0.25, 0.3) is 0 Å². The van der Waals surface area contributed by atoms with Crippen molar-refractivity contribution < 1.29 is 18.6 Å². The van der Waals surface area contributed by atoms with E-state index in [0.29, 0.717) is 19.7 Å². The molecule has 0 aliphatic rings. The summed E-state index contributed by atoms with van der Waals surface area (Å²) in [6, 6.07) is 0. The van der Waals surface area contributed by atoms with E-state index in [1.54, 1.807) is 11.6 Å². The molecule has 0 heterocycles. The molecule has 0 saturated heterocycles. The highest BCUT2D eigenvalue weighted by atomic mass is 31.2. The van der Waals surface area contributed by atoms with E-state index >= 15 is 0 Å². The minimum absolute atomic E-state index is 0.157. The van der Waals surface area contributed by atoms with Gasteiger partial charge < -0.3 is 9.26 Å². The Morgan fingerprint density at radius 1 is 1.18 bits per heavy atom. The maximum absolute atomic E-state index is 12.6. The molecule has 0 spiro atoms. The summed E-state index contributed by atoms with van der Waals surface area (Å²) < 4.78 is 24.6. The van der Waals surface area contributed by atoms with Gasteiger partial charge in [0, 0.05) is 20.0 Å². The highest BCUT2D eigenvalue weighted by molar-refractivity contribution is 7.56. The molecule has 102 valence electrons. The summed E-state index contributed by atoms with van der Waals surface area (Å²) in [5, 5.41) is 0. The average molecular weight is 265 g/mol. The van der Waals surface area contributed by atoms with E-state index in [1.807, 2.05) is 13.8 Å². The van der Waals surface area contributed by atoms with Gasteiger partial charge in [0.05, 0.1) is 6.61 Å². The molecule has 0 N–H and O–H groups in total. The number of nitrogens with zero attached hydrogens (tertiary/aromatic N) is 1. The Morgan fingerprint density at radius 2 is 1.71 bits per heavy atom. The topological polar surface area (TPSA) is 55.8 Å². The highest BCUT2D eigenvalue weighted by Crippen LogP contribution is 2.50. The Kier molecular flexibility index (Phi) is 8.48. The van der Waals surface area contributed by atoms with E-state index in [0.717, 1.165) is 12.8 Å². The van der Waals surface area contributed by atoms with E-state index in [2.05, 4.69) is 0 Å². The van der Waals surface area contributed by atoms with Crippen molar-refractivity contribution in [2.75, 3.05) is 26.0 Å². The number of carbonyl (C=O) groups excluding carboxylic acids is 1. The summed E-state index contributed by atoms with van der Waals surface area (Å²) in [6.45, 7) is 8.85. The lowest BCUT2D eigenvalue weighted by Gasteiger charge is -2.29. The third-order valence-corrected chi connectivity index (χ3v) is 4.54. The largest absolute Gasteiger partial charge is 0.454 e. The molecule has 0 rings (SSSR count). The molecule has 1 unspecified atom stereocenters. The Balaban J connectivity index is 4.71. The van der Waals surface area contributed by atoms with Crippen LogP contribution in [0.5, 0.6) is 0 Å². The standard InChI is InChI=1S/C11H24NO4P/c1-5-8-12(9-6-2)17(14,16-7-3)10-15-11(4)13/h5-10H2,1-4H3. The molecular weight excluding hydrogens is 241 g/mol. The van der Waals surface area contributed by atoms with Gasteiger partial charge in [-0.1, -0.05) is 13.8 Å². The lowest BCUT2D eigenvalue weighted by atomic mass is 10.4. The van der Waals surface area contributed by atoms with Crippen molar-refractivity contribution in [2.24, 2.45) is 0 Å². The van der Waals surface area contributed by atoms with Crippen LogP contribution in [0, 0.1) is 0 Å². The second-order valence-electron chi connectivity index (χ2n) is 3.77. The Morgan fingerprint density at radius 3 is 2.06 bits per heavy atom. The predicted molar refractivity (Wildman–Crippen MR) is 68.0 cm³/mol. The third kappa shape index (κ3) is 6.20. The quantitative estimate of drug-likeness (QED) is 0.474. The number of rotatable bonds is 9. The zero-order valence-corrected chi connectivity index (χ0v) is 12.2. The number of hydrogen-bond acceptors (Lipinski definition) is 4. The van der Waals surface area contributed by atoms with E-state index in [9.17, 15) is 9.36 Å². The highest BCUT2D eigenvalue weighted by Gasteiger charge is 2.31. The average Bonchev–Trinajstić information content (AvgIpc) is 2.26. The molecule has 0 aliphatic heterocycles. The van der Waals surface area contributed by atoms with Gasteiger partial charge in [-0.25, -0.2) is 4.67 Å². The van der Waals surface area contributed by atoms with E-state index < -0.39 is 13.5 Å². The van der Waals surface area contributed by atoms with Crippen LogP contribution >= 0.6 is 7.52 Å². The predicted octanol–water partition coefficient (Wildman–Crippen LogP) is 2.86. The van der Waals surface area contributed by atoms with Gasteiger partial charge >= 0.3 is 13.5 Å². The van der Waals surface area contributed by atoms with Crippen LogP contribution in [0.15, 0.2) is 0 Å². The van der Waals surface area contributed by atoms with Crippen LogP contribution in [0.1, 0.15) is 40.5 Å². The van der Waals surface area contributed by atoms with Gasteiger partial charge in [-0.3, -0.25) is 9.36 Å². The van der Waals surface area contributed by atoms with Gasteiger partial charge in [0.1, 0.15) is 0 Å². The fourth-order valence-electron chi connectivity index (χ4n) is 1.51. The number of carbonyl (C=O) groups is 1. The fraction of sp³-hybridized carbons (Fsp3) is 0.909. The first-order valence-electron chi connectivity index (χ1n) is 6.12.